The highest BCUT2D eigenvalue weighted by Gasteiger charge is 2.53. The summed E-state index contributed by atoms with van der Waals surface area (Å²) in [7, 11) is 0. The third-order valence-corrected chi connectivity index (χ3v) is 13.4. The van der Waals surface area contributed by atoms with Crippen molar-refractivity contribution in [2.75, 3.05) is 0 Å². The molecule has 0 atom stereocenters. The molecule has 0 amide bonds. The fraction of sp³-hybridized carbons (Fsp3) is 0.0678. The molecule has 2 aliphatic rings. The van der Waals surface area contributed by atoms with E-state index < -0.39 is 5.41 Å². The van der Waals surface area contributed by atoms with Crippen LogP contribution in [0.15, 0.2) is 212 Å². The molecule has 0 aliphatic heterocycles. The molecular weight excluding hydrogens is 751 g/mol. The van der Waals surface area contributed by atoms with Crippen molar-refractivity contribution in [1.29, 1.82) is 0 Å². The molecule has 12 rings (SSSR count). The molecule has 10 aromatic rings. The van der Waals surface area contributed by atoms with Gasteiger partial charge < -0.3 is 0 Å². The quantitative estimate of drug-likeness (QED) is 0.174. The minimum absolute atomic E-state index is 0.123. The second-order valence-electron chi connectivity index (χ2n) is 17.1. The molecule has 3 heteroatoms. The highest BCUT2D eigenvalue weighted by Crippen LogP contribution is 2.62. The number of fused-ring (bicyclic) bond motifs is 10. The zero-order valence-electron chi connectivity index (χ0n) is 34.5. The van der Waals surface area contributed by atoms with Crippen molar-refractivity contribution in [1.82, 2.24) is 15.0 Å². The molecule has 0 saturated carbocycles. The van der Waals surface area contributed by atoms with Crippen molar-refractivity contribution in [3.63, 3.8) is 0 Å². The first-order chi connectivity index (χ1) is 30.5. The summed E-state index contributed by atoms with van der Waals surface area (Å²) in [4.78, 5) is 14.8. The van der Waals surface area contributed by atoms with Gasteiger partial charge in [-0.3, -0.25) is 0 Å². The van der Waals surface area contributed by atoms with Crippen LogP contribution < -0.4 is 0 Å². The number of rotatable bonds is 5. The van der Waals surface area contributed by atoms with Crippen LogP contribution in [0, 0.1) is 0 Å². The molecule has 0 unspecified atom stereocenters. The van der Waals surface area contributed by atoms with E-state index in [0.717, 1.165) is 22.3 Å². The molecule has 0 radical (unpaired) electrons. The van der Waals surface area contributed by atoms with Crippen molar-refractivity contribution in [3.8, 4) is 67.5 Å². The van der Waals surface area contributed by atoms with Crippen LogP contribution in [0.2, 0.25) is 0 Å². The Morgan fingerprint density at radius 2 is 0.661 bits per heavy atom. The van der Waals surface area contributed by atoms with Crippen LogP contribution in [0.5, 0.6) is 0 Å². The van der Waals surface area contributed by atoms with Crippen molar-refractivity contribution in [2.45, 2.75) is 24.7 Å². The molecule has 0 N–H and O–H groups in total. The normalized spacial score (nSPS) is 13.9. The average Bonchev–Trinajstić information content (AvgIpc) is 3.63. The van der Waals surface area contributed by atoms with Crippen molar-refractivity contribution in [3.05, 3.63) is 246 Å². The first-order valence-corrected chi connectivity index (χ1v) is 21.4. The highest BCUT2D eigenvalue weighted by atomic mass is 15.0. The standard InChI is InChI=1S/C59H41N3/c1-58(2)51-25-13-15-27-53(51)59(54-28-16-14-26-52(54)58)49-24-12-11-23-47(49)48-37-42(33-36-50(48)59)44-35-34-43(45-21-9-10-22-46(44)45)38-29-31-41(32-30-38)57-61-55(39-17-5-3-6-18-39)60-56(62-57)40-19-7-4-8-20-40/h3-37H,1-2H3. The lowest BCUT2D eigenvalue weighted by Crippen LogP contribution is -2.40. The number of hydrogen-bond acceptors (Lipinski definition) is 3. The summed E-state index contributed by atoms with van der Waals surface area (Å²) < 4.78 is 0. The van der Waals surface area contributed by atoms with E-state index in [0.29, 0.717) is 17.5 Å². The van der Waals surface area contributed by atoms with Crippen LogP contribution in [0.3, 0.4) is 0 Å². The number of benzene rings is 9. The minimum Gasteiger partial charge on any atom is -0.208 e. The fourth-order valence-electron chi connectivity index (χ4n) is 10.6. The SMILES string of the molecule is CC1(C)c2ccccc2C2(c3ccccc3-c3cc(-c4ccc(-c5ccc(-c6nc(-c7ccccc7)nc(-c7ccccc7)n6)cc5)c5ccccc45)ccc32)c2ccccc21. The van der Waals surface area contributed by atoms with E-state index in [1.165, 1.54) is 72.0 Å². The van der Waals surface area contributed by atoms with Crippen molar-refractivity contribution < 1.29 is 0 Å². The van der Waals surface area contributed by atoms with Gasteiger partial charge in [-0.2, -0.15) is 0 Å². The van der Waals surface area contributed by atoms with Gasteiger partial charge in [0.25, 0.3) is 0 Å². The summed E-state index contributed by atoms with van der Waals surface area (Å²) in [6.45, 7) is 4.76. The van der Waals surface area contributed by atoms with E-state index in [2.05, 4.69) is 166 Å². The zero-order chi connectivity index (χ0) is 41.4. The smallest absolute Gasteiger partial charge is 0.164 e. The van der Waals surface area contributed by atoms with Crippen LogP contribution in [0.25, 0.3) is 78.3 Å². The van der Waals surface area contributed by atoms with E-state index in [-0.39, 0.29) is 5.41 Å². The maximum Gasteiger partial charge on any atom is 0.164 e. The Bertz CT molecular complexity index is 3260. The highest BCUT2D eigenvalue weighted by molar-refractivity contribution is 6.06. The topological polar surface area (TPSA) is 38.7 Å². The van der Waals surface area contributed by atoms with Gasteiger partial charge in [-0.1, -0.05) is 220 Å². The number of hydrogen-bond donors (Lipinski definition) is 0. The molecule has 9 aromatic carbocycles. The largest absolute Gasteiger partial charge is 0.208 e. The molecular formula is C59H41N3. The Labute approximate surface area is 362 Å². The molecule has 1 heterocycles. The Morgan fingerprint density at radius 1 is 0.274 bits per heavy atom. The molecule has 0 fully saturated rings. The minimum atomic E-state index is -0.404. The zero-order valence-corrected chi connectivity index (χ0v) is 34.5. The predicted octanol–water partition coefficient (Wildman–Crippen LogP) is 14.4. The molecule has 3 nitrogen and oxygen atoms in total. The van der Waals surface area contributed by atoms with Crippen molar-refractivity contribution in [2.24, 2.45) is 0 Å². The predicted molar refractivity (Wildman–Crippen MR) is 254 cm³/mol. The molecule has 0 bridgehead atoms. The van der Waals surface area contributed by atoms with E-state index in [1.54, 1.807) is 0 Å². The van der Waals surface area contributed by atoms with Crippen LogP contribution in [0.1, 0.15) is 47.2 Å². The van der Waals surface area contributed by atoms with E-state index in [4.69, 9.17) is 15.0 Å². The van der Waals surface area contributed by atoms with E-state index in [9.17, 15) is 0 Å². The second-order valence-corrected chi connectivity index (χ2v) is 17.1. The summed E-state index contributed by atoms with van der Waals surface area (Å²) in [5.74, 6) is 1.96. The molecule has 62 heavy (non-hydrogen) atoms. The van der Waals surface area contributed by atoms with Gasteiger partial charge in [-0.15, -0.1) is 0 Å². The average molecular weight is 792 g/mol. The monoisotopic (exact) mass is 791 g/mol. The molecule has 1 spiro atoms. The second kappa shape index (κ2) is 13.9. The Hall–Kier alpha value is -7.75. The van der Waals surface area contributed by atoms with E-state index >= 15 is 0 Å². The first-order valence-electron chi connectivity index (χ1n) is 21.4. The maximum absolute atomic E-state index is 4.97. The molecule has 2 aliphatic carbocycles. The Kier molecular flexibility index (Phi) is 8.10. The van der Waals surface area contributed by atoms with Crippen LogP contribution in [-0.4, -0.2) is 15.0 Å². The summed E-state index contributed by atoms with van der Waals surface area (Å²) in [6.07, 6.45) is 0. The van der Waals surface area contributed by atoms with Gasteiger partial charge in [0.05, 0.1) is 5.41 Å². The number of nitrogens with zero attached hydrogens (tertiary/aromatic N) is 3. The summed E-state index contributed by atoms with van der Waals surface area (Å²) in [5.41, 5.74) is 17.9. The van der Waals surface area contributed by atoms with Gasteiger partial charge in [-0.25, -0.2) is 15.0 Å². The summed E-state index contributed by atoms with van der Waals surface area (Å²) in [5, 5.41) is 2.44. The van der Waals surface area contributed by atoms with Gasteiger partial charge in [0, 0.05) is 22.1 Å². The van der Waals surface area contributed by atoms with Gasteiger partial charge in [-0.05, 0) is 83.6 Å². The lowest BCUT2D eigenvalue weighted by molar-refractivity contribution is 0.563. The summed E-state index contributed by atoms with van der Waals surface area (Å²) >= 11 is 0. The van der Waals surface area contributed by atoms with Gasteiger partial charge >= 0.3 is 0 Å². The van der Waals surface area contributed by atoms with Gasteiger partial charge in [0.1, 0.15) is 0 Å². The maximum atomic E-state index is 4.97. The third kappa shape index (κ3) is 5.34. The van der Waals surface area contributed by atoms with Crippen molar-refractivity contribution >= 4 is 10.8 Å². The van der Waals surface area contributed by atoms with Crippen LogP contribution in [0.4, 0.5) is 0 Å². The summed E-state index contributed by atoms with van der Waals surface area (Å²) in [6, 6.07) is 76.9. The van der Waals surface area contributed by atoms with Gasteiger partial charge in [0.15, 0.2) is 17.5 Å². The lowest BCUT2D eigenvalue weighted by atomic mass is 9.55. The van der Waals surface area contributed by atoms with Crippen LogP contribution in [-0.2, 0) is 10.8 Å². The number of aromatic nitrogens is 3. The molecule has 0 saturated heterocycles. The van der Waals surface area contributed by atoms with E-state index in [1.807, 2.05) is 60.7 Å². The van der Waals surface area contributed by atoms with Gasteiger partial charge in [0.2, 0.25) is 0 Å². The van der Waals surface area contributed by atoms with Crippen LogP contribution >= 0.6 is 0 Å². The fourth-order valence-corrected chi connectivity index (χ4v) is 10.6. The third-order valence-electron chi connectivity index (χ3n) is 13.4. The Balaban J connectivity index is 0.963. The molecule has 1 aromatic heterocycles. The molecule has 292 valence electrons. The lowest BCUT2D eigenvalue weighted by Gasteiger charge is -2.46. The Morgan fingerprint density at radius 3 is 1.21 bits per heavy atom. The first kappa shape index (κ1) is 36.1.